The predicted octanol–water partition coefficient (Wildman–Crippen LogP) is 8.08. The fourth-order valence-corrected chi connectivity index (χ4v) is 9.84. The second-order valence-electron chi connectivity index (χ2n) is 13.5. The maximum Gasteiger partial charge on any atom is 0.0133 e. The zero-order chi connectivity index (χ0) is 21.1. The number of hydrogen-bond donors (Lipinski definition) is 1. The smallest absolute Gasteiger partial charge is 0.0133 e. The van der Waals surface area contributed by atoms with Crippen LogP contribution in [0.3, 0.4) is 0 Å². The molecule has 0 aromatic rings. The lowest BCUT2D eigenvalue weighted by atomic mass is 9.44. The molecular formula is C27H49NS. The van der Waals surface area contributed by atoms with E-state index in [4.69, 9.17) is 5.14 Å². The Morgan fingerprint density at radius 2 is 1.52 bits per heavy atom. The Morgan fingerprint density at radius 1 is 0.793 bits per heavy atom. The second-order valence-corrected chi connectivity index (χ2v) is 14.1. The minimum Gasteiger partial charge on any atom is -0.278 e. The SMILES string of the molecule is CC12CCCCC1CCC1C2CCC2(C)C(CC(C)(C)C(C)(C)CSN)CCC12. The molecule has 0 aromatic heterocycles. The van der Waals surface area contributed by atoms with Gasteiger partial charge in [0.05, 0.1) is 0 Å². The van der Waals surface area contributed by atoms with E-state index in [1.54, 1.807) is 24.8 Å². The highest BCUT2D eigenvalue weighted by molar-refractivity contribution is 7.97. The second kappa shape index (κ2) is 7.72. The molecule has 4 fully saturated rings. The molecule has 0 spiro atoms. The molecule has 2 N–H and O–H groups in total. The lowest BCUT2D eigenvalue weighted by molar-refractivity contribution is -0.114. The van der Waals surface area contributed by atoms with Crippen LogP contribution in [-0.2, 0) is 0 Å². The minimum absolute atomic E-state index is 0.297. The van der Waals surface area contributed by atoms with Crippen molar-refractivity contribution in [2.75, 3.05) is 5.75 Å². The van der Waals surface area contributed by atoms with Gasteiger partial charge in [-0.15, -0.1) is 0 Å². The van der Waals surface area contributed by atoms with Gasteiger partial charge in [0.15, 0.2) is 0 Å². The Kier molecular flexibility index (Phi) is 5.99. The highest BCUT2D eigenvalue weighted by Gasteiger charge is 2.60. The first-order valence-corrected chi connectivity index (χ1v) is 13.9. The molecule has 0 amide bonds. The van der Waals surface area contributed by atoms with Gasteiger partial charge < -0.3 is 0 Å². The van der Waals surface area contributed by atoms with Gasteiger partial charge in [-0.25, -0.2) is 0 Å². The summed E-state index contributed by atoms with van der Waals surface area (Å²) in [6, 6.07) is 0. The molecule has 4 saturated carbocycles. The molecule has 4 aliphatic carbocycles. The molecule has 0 radical (unpaired) electrons. The van der Waals surface area contributed by atoms with Gasteiger partial charge in [0.25, 0.3) is 0 Å². The zero-order valence-electron chi connectivity index (χ0n) is 20.4. The first-order valence-electron chi connectivity index (χ1n) is 12.9. The standard InChI is InChI=1S/C27H49NS/c1-24(2,25(3,4)18-29-28)17-20-11-13-22-21-12-10-19-9-7-8-15-26(19,5)23(21)14-16-27(20,22)6/h19-23H,7-18,28H2,1-6H3. The summed E-state index contributed by atoms with van der Waals surface area (Å²) < 4.78 is 0. The molecule has 0 bridgehead atoms. The number of hydrogen-bond acceptors (Lipinski definition) is 2. The fourth-order valence-electron chi connectivity index (χ4n) is 9.04. The number of rotatable bonds is 5. The summed E-state index contributed by atoms with van der Waals surface area (Å²) in [4.78, 5) is 0. The molecule has 2 heteroatoms. The van der Waals surface area contributed by atoms with Gasteiger partial charge in [-0.3, -0.25) is 5.14 Å². The van der Waals surface area contributed by atoms with Crippen LogP contribution in [0.25, 0.3) is 0 Å². The molecule has 4 aliphatic rings. The number of fused-ring (bicyclic) bond motifs is 5. The molecule has 7 unspecified atom stereocenters. The molecular weight excluding hydrogens is 370 g/mol. The van der Waals surface area contributed by atoms with Gasteiger partial charge in [0, 0.05) is 5.75 Å². The summed E-state index contributed by atoms with van der Waals surface area (Å²) in [6.45, 7) is 15.4. The highest BCUT2D eigenvalue weighted by atomic mass is 32.2. The molecule has 0 aromatic carbocycles. The van der Waals surface area contributed by atoms with Crippen molar-refractivity contribution in [3.8, 4) is 0 Å². The van der Waals surface area contributed by atoms with E-state index >= 15 is 0 Å². The maximum atomic E-state index is 5.91. The molecule has 4 rings (SSSR count). The Bertz CT molecular complexity index is 597. The van der Waals surface area contributed by atoms with E-state index in [1.807, 2.05) is 0 Å². The van der Waals surface area contributed by atoms with Crippen molar-refractivity contribution in [1.82, 2.24) is 0 Å². The topological polar surface area (TPSA) is 26.0 Å². The van der Waals surface area contributed by atoms with E-state index in [2.05, 4.69) is 41.5 Å². The largest absolute Gasteiger partial charge is 0.278 e. The maximum absolute atomic E-state index is 5.91. The van der Waals surface area contributed by atoms with E-state index in [0.29, 0.717) is 21.7 Å². The third-order valence-corrected chi connectivity index (χ3v) is 12.7. The van der Waals surface area contributed by atoms with Gasteiger partial charge in [-0.2, -0.15) is 0 Å². The fraction of sp³-hybridized carbons (Fsp3) is 1.00. The van der Waals surface area contributed by atoms with Crippen molar-refractivity contribution in [1.29, 1.82) is 0 Å². The molecule has 7 atom stereocenters. The van der Waals surface area contributed by atoms with E-state index < -0.39 is 0 Å². The average molecular weight is 420 g/mol. The minimum atomic E-state index is 0.297. The Labute approximate surface area is 186 Å². The van der Waals surface area contributed by atoms with Crippen molar-refractivity contribution >= 4 is 11.9 Å². The van der Waals surface area contributed by atoms with Crippen LogP contribution in [0.5, 0.6) is 0 Å². The Balaban J connectivity index is 1.52. The molecule has 1 nitrogen and oxygen atoms in total. The van der Waals surface area contributed by atoms with E-state index in [9.17, 15) is 0 Å². The van der Waals surface area contributed by atoms with Crippen molar-refractivity contribution in [2.24, 2.45) is 56.4 Å². The summed E-state index contributed by atoms with van der Waals surface area (Å²) in [7, 11) is 0. The highest BCUT2D eigenvalue weighted by Crippen LogP contribution is 2.68. The average Bonchev–Trinajstić information content (AvgIpc) is 2.97. The van der Waals surface area contributed by atoms with Gasteiger partial charge >= 0.3 is 0 Å². The van der Waals surface area contributed by atoms with Crippen LogP contribution >= 0.6 is 11.9 Å². The van der Waals surface area contributed by atoms with E-state index in [0.717, 1.165) is 35.3 Å². The van der Waals surface area contributed by atoms with E-state index in [-0.39, 0.29) is 0 Å². The summed E-state index contributed by atoms with van der Waals surface area (Å²) in [5.74, 6) is 6.12. The number of nitrogens with two attached hydrogens (primary N) is 1. The molecule has 0 saturated heterocycles. The predicted molar refractivity (Wildman–Crippen MR) is 129 cm³/mol. The zero-order valence-corrected chi connectivity index (χ0v) is 21.2. The summed E-state index contributed by atoms with van der Waals surface area (Å²) in [5, 5.41) is 5.91. The lowest BCUT2D eigenvalue weighted by Gasteiger charge is -2.61. The third-order valence-electron chi connectivity index (χ3n) is 11.8. The normalized spacial score (nSPS) is 45.4. The third kappa shape index (κ3) is 3.55. The van der Waals surface area contributed by atoms with Crippen molar-refractivity contribution in [3.63, 3.8) is 0 Å². The quantitative estimate of drug-likeness (QED) is 0.456. The molecule has 0 aliphatic heterocycles. The summed E-state index contributed by atoms with van der Waals surface area (Å²) >= 11 is 1.54. The van der Waals surface area contributed by atoms with Crippen molar-refractivity contribution in [2.45, 2.75) is 112 Å². The van der Waals surface area contributed by atoms with Crippen molar-refractivity contribution < 1.29 is 0 Å². The van der Waals surface area contributed by atoms with Crippen LogP contribution in [0.1, 0.15) is 112 Å². The van der Waals surface area contributed by atoms with Crippen LogP contribution in [0.2, 0.25) is 0 Å². The van der Waals surface area contributed by atoms with Crippen LogP contribution in [0.4, 0.5) is 0 Å². The van der Waals surface area contributed by atoms with Crippen molar-refractivity contribution in [3.05, 3.63) is 0 Å². The lowest BCUT2D eigenvalue weighted by Crippen LogP contribution is -2.53. The Hall–Kier alpha value is 0.310. The summed E-state index contributed by atoms with van der Waals surface area (Å²) in [5.41, 5.74) is 1.93. The van der Waals surface area contributed by atoms with E-state index in [1.165, 1.54) is 57.8 Å². The Morgan fingerprint density at radius 3 is 2.24 bits per heavy atom. The molecule has 29 heavy (non-hydrogen) atoms. The van der Waals surface area contributed by atoms with Crippen LogP contribution in [0, 0.1) is 51.2 Å². The monoisotopic (exact) mass is 419 g/mol. The first kappa shape index (κ1) is 22.5. The van der Waals surface area contributed by atoms with Crippen LogP contribution in [-0.4, -0.2) is 5.75 Å². The molecule has 168 valence electrons. The van der Waals surface area contributed by atoms with Gasteiger partial charge in [0.2, 0.25) is 0 Å². The van der Waals surface area contributed by atoms with Crippen LogP contribution in [0.15, 0.2) is 0 Å². The van der Waals surface area contributed by atoms with Gasteiger partial charge in [-0.1, -0.05) is 66.3 Å². The summed E-state index contributed by atoms with van der Waals surface area (Å²) in [6.07, 6.45) is 16.6. The van der Waals surface area contributed by atoms with Gasteiger partial charge in [-0.05, 0) is 109 Å². The first-order chi connectivity index (χ1) is 13.6. The van der Waals surface area contributed by atoms with Crippen LogP contribution < -0.4 is 5.14 Å². The molecule has 0 heterocycles. The van der Waals surface area contributed by atoms with Gasteiger partial charge in [0.1, 0.15) is 0 Å².